The van der Waals surface area contributed by atoms with Crippen LogP contribution in [-0.4, -0.2) is 10.9 Å². The molecule has 2 aromatic heterocycles. The second-order valence-corrected chi connectivity index (χ2v) is 11.4. The topological polar surface area (TPSA) is 68.0 Å². The normalized spacial score (nSPS) is 16.7. The van der Waals surface area contributed by atoms with E-state index in [9.17, 15) is 4.79 Å². The van der Waals surface area contributed by atoms with E-state index in [2.05, 4.69) is 64.0 Å². The van der Waals surface area contributed by atoms with Crippen LogP contribution in [0.15, 0.2) is 33.2 Å². The largest absolute Gasteiger partial charge is 0.397 e. The fraction of sp³-hybridized carbons (Fsp3) is 0.364. The standard InChI is InChI=1S/C22H23Br2N3OS/c1-22(2,3)12-4-6-16-11(8-12)9-14-18(25)19(29-21(14)27-16)20(28)26-17-7-5-13(23)10-15(17)24/h5,7,9-10,12H,4,6,8,25H2,1-3H3,(H,26,28). The van der Waals surface area contributed by atoms with E-state index in [-0.39, 0.29) is 11.3 Å². The number of aryl methyl sites for hydroxylation is 1. The van der Waals surface area contributed by atoms with Crippen LogP contribution in [0.25, 0.3) is 10.2 Å². The number of amides is 1. The van der Waals surface area contributed by atoms with Gasteiger partial charge in [0, 0.05) is 20.0 Å². The highest BCUT2D eigenvalue weighted by molar-refractivity contribution is 9.11. The first-order chi connectivity index (χ1) is 13.6. The average Bonchev–Trinajstić information content (AvgIpc) is 2.97. The second kappa shape index (κ2) is 7.67. The van der Waals surface area contributed by atoms with Gasteiger partial charge in [-0.25, -0.2) is 4.98 Å². The summed E-state index contributed by atoms with van der Waals surface area (Å²) >= 11 is 8.27. The minimum atomic E-state index is -0.209. The maximum absolute atomic E-state index is 12.9. The molecule has 1 aliphatic carbocycles. The molecule has 0 radical (unpaired) electrons. The molecule has 4 rings (SSSR count). The smallest absolute Gasteiger partial charge is 0.267 e. The Labute approximate surface area is 191 Å². The lowest BCUT2D eigenvalue weighted by molar-refractivity contribution is 0.103. The van der Waals surface area contributed by atoms with Gasteiger partial charge in [0.2, 0.25) is 0 Å². The number of nitrogens with zero attached hydrogens (tertiary/aromatic N) is 1. The summed E-state index contributed by atoms with van der Waals surface area (Å²) in [6.07, 6.45) is 3.16. The molecule has 1 unspecified atom stereocenters. The molecular formula is C22H23Br2N3OS. The maximum atomic E-state index is 12.9. The van der Waals surface area contributed by atoms with Gasteiger partial charge in [-0.1, -0.05) is 36.7 Å². The predicted octanol–water partition coefficient (Wildman–Crippen LogP) is 6.81. The van der Waals surface area contributed by atoms with E-state index in [1.807, 2.05) is 18.2 Å². The molecule has 0 aliphatic heterocycles. The number of carbonyl (C=O) groups is 1. The van der Waals surface area contributed by atoms with Gasteiger partial charge in [-0.2, -0.15) is 0 Å². The van der Waals surface area contributed by atoms with Crippen molar-refractivity contribution in [1.29, 1.82) is 0 Å². The Bertz CT molecular complexity index is 1120. The molecule has 4 nitrogen and oxygen atoms in total. The van der Waals surface area contributed by atoms with Gasteiger partial charge in [-0.3, -0.25) is 4.79 Å². The third-order valence-electron chi connectivity index (χ3n) is 5.70. The van der Waals surface area contributed by atoms with Crippen molar-refractivity contribution in [2.24, 2.45) is 11.3 Å². The van der Waals surface area contributed by atoms with Crippen molar-refractivity contribution < 1.29 is 4.79 Å². The Kier molecular flexibility index (Phi) is 5.51. The number of nitrogen functional groups attached to an aromatic ring is 1. The minimum absolute atomic E-state index is 0.209. The Morgan fingerprint density at radius 2 is 2.03 bits per heavy atom. The summed E-state index contributed by atoms with van der Waals surface area (Å²) < 4.78 is 1.74. The van der Waals surface area contributed by atoms with Crippen molar-refractivity contribution in [2.45, 2.75) is 40.0 Å². The monoisotopic (exact) mass is 535 g/mol. The van der Waals surface area contributed by atoms with E-state index in [1.165, 1.54) is 16.9 Å². The zero-order valence-electron chi connectivity index (χ0n) is 16.6. The van der Waals surface area contributed by atoms with Gasteiger partial charge in [0.25, 0.3) is 5.91 Å². The number of pyridine rings is 1. The Morgan fingerprint density at radius 1 is 1.28 bits per heavy atom. The number of aromatic nitrogens is 1. The number of rotatable bonds is 2. The Morgan fingerprint density at radius 3 is 2.72 bits per heavy atom. The first-order valence-electron chi connectivity index (χ1n) is 9.60. The summed E-state index contributed by atoms with van der Waals surface area (Å²) in [7, 11) is 0. The lowest BCUT2D eigenvalue weighted by atomic mass is 9.71. The fourth-order valence-corrected chi connectivity index (χ4v) is 6.01. The van der Waals surface area contributed by atoms with E-state index in [0.717, 1.165) is 44.1 Å². The average molecular weight is 537 g/mol. The molecule has 1 atom stereocenters. The number of hydrogen-bond donors (Lipinski definition) is 2. The van der Waals surface area contributed by atoms with Crippen LogP contribution in [0.5, 0.6) is 0 Å². The summed E-state index contributed by atoms with van der Waals surface area (Å²) in [5, 5.41) is 3.84. The predicted molar refractivity (Wildman–Crippen MR) is 129 cm³/mol. The first-order valence-corrected chi connectivity index (χ1v) is 12.0. The lowest BCUT2D eigenvalue weighted by Crippen LogP contribution is -2.27. The van der Waals surface area contributed by atoms with Crippen LogP contribution < -0.4 is 11.1 Å². The number of halogens is 2. The molecule has 2 heterocycles. The van der Waals surface area contributed by atoms with Crippen LogP contribution in [0.1, 0.15) is 48.1 Å². The SMILES string of the molecule is CC(C)(C)C1CCc2nc3sc(C(=O)Nc4ccc(Br)cc4Br)c(N)c3cc2C1. The van der Waals surface area contributed by atoms with Gasteiger partial charge in [0.1, 0.15) is 9.71 Å². The molecule has 0 fully saturated rings. The van der Waals surface area contributed by atoms with E-state index < -0.39 is 0 Å². The van der Waals surface area contributed by atoms with Crippen LogP contribution in [0.2, 0.25) is 0 Å². The van der Waals surface area contributed by atoms with Crippen LogP contribution in [0.4, 0.5) is 11.4 Å². The first kappa shape index (κ1) is 20.8. The van der Waals surface area contributed by atoms with Gasteiger partial charge in [0.05, 0.1) is 11.4 Å². The number of hydrogen-bond acceptors (Lipinski definition) is 4. The van der Waals surface area contributed by atoms with Gasteiger partial charge in [-0.15, -0.1) is 11.3 Å². The summed E-state index contributed by atoms with van der Waals surface area (Å²) in [5.41, 5.74) is 10.3. The summed E-state index contributed by atoms with van der Waals surface area (Å²) in [4.78, 5) is 19.1. The summed E-state index contributed by atoms with van der Waals surface area (Å²) in [6, 6.07) is 7.79. The van der Waals surface area contributed by atoms with Gasteiger partial charge < -0.3 is 11.1 Å². The number of benzene rings is 1. The van der Waals surface area contributed by atoms with Gasteiger partial charge in [-0.05, 0) is 76.4 Å². The number of anilines is 2. The molecule has 1 amide bonds. The highest BCUT2D eigenvalue weighted by atomic mass is 79.9. The van der Waals surface area contributed by atoms with Crippen LogP contribution in [-0.2, 0) is 12.8 Å². The highest BCUT2D eigenvalue weighted by Crippen LogP contribution is 2.40. The van der Waals surface area contributed by atoms with Crippen molar-refractivity contribution in [1.82, 2.24) is 4.98 Å². The summed E-state index contributed by atoms with van der Waals surface area (Å²) in [5.74, 6) is 0.422. The fourth-order valence-electron chi connectivity index (χ4n) is 3.87. The molecule has 0 saturated heterocycles. The third kappa shape index (κ3) is 4.09. The summed E-state index contributed by atoms with van der Waals surface area (Å²) in [6.45, 7) is 6.91. The zero-order chi connectivity index (χ0) is 20.9. The highest BCUT2D eigenvalue weighted by Gasteiger charge is 2.30. The Hall–Kier alpha value is -1.44. The van der Waals surface area contributed by atoms with E-state index in [4.69, 9.17) is 10.7 Å². The lowest BCUT2D eigenvalue weighted by Gasteiger charge is -2.34. The Balaban J connectivity index is 1.67. The van der Waals surface area contributed by atoms with Crippen molar-refractivity contribution >= 4 is 70.7 Å². The van der Waals surface area contributed by atoms with Crippen molar-refractivity contribution in [3.8, 4) is 0 Å². The zero-order valence-corrected chi connectivity index (χ0v) is 20.6. The van der Waals surface area contributed by atoms with Crippen LogP contribution >= 0.6 is 43.2 Å². The number of fused-ring (bicyclic) bond motifs is 2. The quantitative estimate of drug-likeness (QED) is 0.378. The van der Waals surface area contributed by atoms with Crippen molar-refractivity contribution in [3.63, 3.8) is 0 Å². The molecule has 0 spiro atoms. The van der Waals surface area contributed by atoms with Gasteiger partial charge in [0.15, 0.2) is 0 Å². The van der Waals surface area contributed by atoms with Crippen molar-refractivity contribution in [2.75, 3.05) is 11.1 Å². The van der Waals surface area contributed by atoms with Gasteiger partial charge >= 0.3 is 0 Å². The van der Waals surface area contributed by atoms with Crippen LogP contribution in [0, 0.1) is 11.3 Å². The van der Waals surface area contributed by atoms with Crippen molar-refractivity contribution in [3.05, 3.63) is 49.3 Å². The maximum Gasteiger partial charge on any atom is 0.267 e. The molecule has 1 aromatic carbocycles. The third-order valence-corrected chi connectivity index (χ3v) is 7.96. The molecular weight excluding hydrogens is 514 g/mol. The van der Waals surface area contributed by atoms with E-state index in [0.29, 0.717) is 22.2 Å². The molecule has 0 saturated carbocycles. The number of nitrogens with one attached hydrogen (secondary N) is 1. The number of carbonyl (C=O) groups excluding carboxylic acids is 1. The van der Waals surface area contributed by atoms with E-state index >= 15 is 0 Å². The molecule has 152 valence electrons. The molecule has 0 bridgehead atoms. The minimum Gasteiger partial charge on any atom is -0.397 e. The molecule has 1 aliphatic rings. The molecule has 3 aromatic rings. The number of thiophene rings is 1. The second-order valence-electron chi connectivity index (χ2n) is 8.68. The molecule has 29 heavy (non-hydrogen) atoms. The molecule has 3 N–H and O–H groups in total. The number of nitrogens with two attached hydrogens (primary N) is 1. The molecule has 7 heteroatoms. The van der Waals surface area contributed by atoms with E-state index in [1.54, 1.807) is 0 Å². The van der Waals surface area contributed by atoms with Crippen LogP contribution in [0.3, 0.4) is 0 Å².